The van der Waals surface area contributed by atoms with Gasteiger partial charge in [-0.1, -0.05) is 12.1 Å². The van der Waals surface area contributed by atoms with Crippen LogP contribution in [0, 0.1) is 0 Å². The molecule has 2 aromatic rings. The van der Waals surface area contributed by atoms with Gasteiger partial charge in [0, 0.05) is 15.8 Å². The van der Waals surface area contributed by atoms with Crippen molar-refractivity contribution in [2.75, 3.05) is 0 Å². The van der Waals surface area contributed by atoms with Crippen molar-refractivity contribution in [3.63, 3.8) is 0 Å². The van der Waals surface area contributed by atoms with Crippen molar-refractivity contribution < 1.29 is 4.52 Å². The van der Waals surface area contributed by atoms with Gasteiger partial charge in [0.2, 0.25) is 5.89 Å². The predicted molar refractivity (Wildman–Crippen MR) is 69.4 cm³/mol. The van der Waals surface area contributed by atoms with Crippen LogP contribution in [0.4, 0.5) is 0 Å². The number of hydrogen-bond donors (Lipinski definition) is 1. The van der Waals surface area contributed by atoms with Gasteiger partial charge >= 0.3 is 0 Å². The number of thiophene rings is 1. The van der Waals surface area contributed by atoms with E-state index in [0.717, 1.165) is 19.6 Å². The molecule has 0 saturated carbocycles. The van der Waals surface area contributed by atoms with Gasteiger partial charge in [-0.15, -0.1) is 11.3 Å². The molecule has 0 radical (unpaired) electrons. The van der Waals surface area contributed by atoms with Crippen LogP contribution in [0.5, 0.6) is 0 Å². The van der Waals surface area contributed by atoms with Crippen molar-refractivity contribution in [3.8, 4) is 0 Å². The Morgan fingerprint density at radius 2 is 2.31 bits per heavy atom. The molecule has 1 unspecified atom stereocenters. The van der Waals surface area contributed by atoms with Gasteiger partial charge in [0.05, 0.1) is 3.79 Å². The predicted octanol–water partition coefficient (Wildman–Crippen LogP) is 3.27. The summed E-state index contributed by atoms with van der Waals surface area (Å²) in [4.78, 5) is 5.21. The average Bonchev–Trinajstić information content (AvgIpc) is 2.86. The minimum absolute atomic E-state index is 0.336. The summed E-state index contributed by atoms with van der Waals surface area (Å²) in [6.45, 7) is 1.96. The zero-order valence-corrected chi connectivity index (χ0v) is 12.4. The average molecular weight is 367 g/mol. The van der Waals surface area contributed by atoms with Crippen LogP contribution < -0.4 is 5.73 Å². The van der Waals surface area contributed by atoms with Crippen molar-refractivity contribution >= 4 is 43.2 Å². The zero-order valence-electron chi connectivity index (χ0n) is 8.41. The van der Waals surface area contributed by atoms with Crippen LogP contribution in [-0.2, 0) is 6.42 Å². The Kier molecular flexibility index (Phi) is 3.78. The summed E-state index contributed by atoms with van der Waals surface area (Å²) in [6, 6.07) is 1.62. The van der Waals surface area contributed by atoms with Gasteiger partial charge in [0.25, 0.3) is 0 Å². The van der Waals surface area contributed by atoms with Crippen LogP contribution in [0.15, 0.2) is 18.8 Å². The monoisotopic (exact) mass is 365 g/mol. The van der Waals surface area contributed by atoms with E-state index in [1.807, 2.05) is 13.0 Å². The van der Waals surface area contributed by atoms with Crippen LogP contribution in [0.3, 0.4) is 0 Å². The Morgan fingerprint density at radius 1 is 1.56 bits per heavy atom. The number of nitrogens with two attached hydrogens (primary N) is 1. The van der Waals surface area contributed by atoms with Gasteiger partial charge in [-0.2, -0.15) is 4.98 Å². The van der Waals surface area contributed by atoms with Crippen LogP contribution in [-0.4, -0.2) is 10.1 Å². The third-order valence-corrected chi connectivity index (χ3v) is 5.37. The van der Waals surface area contributed by atoms with Crippen LogP contribution in [0.1, 0.15) is 29.6 Å². The van der Waals surface area contributed by atoms with Gasteiger partial charge < -0.3 is 10.3 Å². The topological polar surface area (TPSA) is 64.9 Å². The molecular weight excluding hydrogens is 358 g/mol. The summed E-state index contributed by atoms with van der Waals surface area (Å²) in [5.41, 5.74) is 6.05. The van der Waals surface area contributed by atoms with Crippen molar-refractivity contribution in [2.45, 2.75) is 19.4 Å². The molecule has 2 aromatic heterocycles. The molecule has 0 fully saturated rings. The first-order valence-corrected chi connectivity index (χ1v) is 7.04. The molecule has 0 aromatic carbocycles. The first-order chi connectivity index (χ1) is 7.61. The van der Waals surface area contributed by atoms with Crippen molar-refractivity contribution in [2.24, 2.45) is 5.73 Å². The molecular formula is C9H9Br2N3OS. The largest absolute Gasteiger partial charge is 0.339 e. The summed E-state index contributed by atoms with van der Waals surface area (Å²) in [6.07, 6.45) is 0.720. The van der Waals surface area contributed by atoms with E-state index < -0.39 is 0 Å². The second-order valence-electron chi connectivity index (χ2n) is 3.15. The summed E-state index contributed by atoms with van der Waals surface area (Å²) < 4.78 is 7.03. The number of nitrogens with zero attached hydrogens (tertiary/aromatic N) is 2. The highest BCUT2D eigenvalue weighted by atomic mass is 79.9. The van der Waals surface area contributed by atoms with E-state index in [0.29, 0.717) is 11.7 Å². The van der Waals surface area contributed by atoms with E-state index in [2.05, 4.69) is 42.0 Å². The maximum Gasteiger partial charge on any atom is 0.226 e. The van der Waals surface area contributed by atoms with E-state index in [-0.39, 0.29) is 6.04 Å². The van der Waals surface area contributed by atoms with Crippen LogP contribution in [0.2, 0.25) is 0 Å². The minimum Gasteiger partial charge on any atom is -0.339 e. The van der Waals surface area contributed by atoms with Crippen molar-refractivity contribution in [3.05, 3.63) is 30.9 Å². The molecule has 86 valence electrons. The molecule has 4 nitrogen and oxygen atoms in total. The lowest BCUT2D eigenvalue weighted by atomic mass is 10.2. The lowest BCUT2D eigenvalue weighted by Crippen LogP contribution is -2.12. The van der Waals surface area contributed by atoms with Gasteiger partial charge in [0.1, 0.15) is 6.04 Å². The minimum atomic E-state index is -0.336. The fourth-order valence-electron chi connectivity index (χ4n) is 1.18. The van der Waals surface area contributed by atoms with Gasteiger partial charge in [0.15, 0.2) is 5.82 Å². The second kappa shape index (κ2) is 4.95. The molecule has 7 heteroatoms. The van der Waals surface area contributed by atoms with Gasteiger partial charge in [-0.25, -0.2) is 0 Å². The Balaban J connectivity index is 2.27. The lowest BCUT2D eigenvalue weighted by Gasteiger charge is -2.01. The Bertz CT molecular complexity index is 477. The molecule has 0 spiro atoms. The van der Waals surface area contributed by atoms with E-state index in [4.69, 9.17) is 10.3 Å². The highest BCUT2D eigenvalue weighted by molar-refractivity contribution is 9.13. The molecule has 0 aliphatic carbocycles. The number of rotatable bonds is 3. The van der Waals surface area contributed by atoms with E-state index in [9.17, 15) is 0 Å². The van der Waals surface area contributed by atoms with E-state index >= 15 is 0 Å². The zero-order chi connectivity index (χ0) is 11.7. The third kappa shape index (κ3) is 2.37. The lowest BCUT2D eigenvalue weighted by molar-refractivity contribution is 0.375. The quantitative estimate of drug-likeness (QED) is 0.905. The SMILES string of the molecule is CCc1nc(C(N)c2cc(Br)c(Br)s2)no1. The standard InChI is InChI=1S/C9H9Br2N3OS/c1-2-6-13-9(14-15-6)7(12)5-3-4(10)8(11)16-5/h3,7H,2,12H2,1H3. The molecule has 0 saturated heterocycles. The molecule has 0 bridgehead atoms. The summed E-state index contributed by atoms with van der Waals surface area (Å²) in [5.74, 6) is 1.14. The van der Waals surface area contributed by atoms with Gasteiger partial charge in [-0.05, 0) is 37.9 Å². The normalized spacial score (nSPS) is 13.0. The maximum atomic E-state index is 6.05. The summed E-state index contributed by atoms with van der Waals surface area (Å²) >= 11 is 8.40. The molecule has 0 aliphatic heterocycles. The number of halogens is 2. The molecule has 16 heavy (non-hydrogen) atoms. The molecule has 2 N–H and O–H groups in total. The smallest absolute Gasteiger partial charge is 0.226 e. The Morgan fingerprint density at radius 3 is 2.81 bits per heavy atom. The first kappa shape index (κ1) is 12.2. The number of aromatic nitrogens is 2. The second-order valence-corrected chi connectivity index (χ2v) is 6.40. The number of hydrogen-bond acceptors (Lipinski definition) is 5. The summed E-state index contributed by atoms with van der Waals surface area (Å²) in [7, 11) is 0. The molecule has 2 rings (SSSR count). The Hall–Kier alpha value is -0.240. The first-order valence-electron chi connectivity index (χ1n) is 4.64. The van der Waals surface area contributed by atoms with Crippen molar-refractivity contribution in [1.82, 2.24) is 10.1 Å². The van der Waals surface area contributed by atoms with Crippen LogP contribution >= 0.6 is 43.2 Å². The molecule has 1 atom stereocenters. The molecule has 0 aliphatic rings. The fourth-order valence-corrected chi connectivity index (χ4v) is 3.27. The van der Waals surface area contributed by atoms with E-state index in [1.165, 1.54) is 0 Å². The highest BCUT2D eigenvalue weighted by Gasteiger charge is 2.18. The van der Waals surface area contributed by atoms with Crippen LogP contribution in [0.25, 0.3) is 0 Å². The van der Waals surface area contributed by atoms with E-state index in [1.54, 1.807) is 11.3 Å². The van der Waals surface area contributed by atoms with Gasteiger partial charge in [-0.3, -0.25) is 0 Å². The Labute approximate surface area is 113 Å². The molecule has 0 amide bonds. The fraction of sp³-hybridized carbons (Fsp3) is 0.333. The van der Waals surface area contributed by atoms with Crippen molar-refractivity contribution in [1.29, 1.82) is 0 Å². The number of aryl methyl sites for hydroxylation is 1. The maximum absolute atomic E-state index is 6.05. The summed E-state index contributed by atoms with van der Waals surface area (Å²) in [5, 5.41) is 3.87. The molecule has 2 heterocycles. The highest BCUT2D eigenvalue weighted by Crippen LogP contribution is 2.36. The third-order valence-electron chi connectivity index (χ3n) is 2.04.